The highest BCUT2D eigenvalue weighted by Crippen LogP contribution is 2.11. The van der Waals surface area contributed by atoms with Gasteiger partial charge in [0.05, 0.1) is 13.5 Å². The van der Waals surface area contributed by atoms with Gasteiger partial charge in [-0.2, -0.15) is 0 Å². The van der Waals surface area contributed by atoms with Crippen molar-refractivity contribution in [1.29, 1.82) is 0 Å². The van der Waals surface area contributed by atoms with Gasteiger partial charge in [0.15, 0.2) is 0 Å². The molecule has 1 aromatic carbocycles. The number of nitrogens with one attached hydrogen (secondary N) is 1. The lowest BCUT2D eigenvalue weighted by atomic mass is 10.0. The molecule has 1 aromatic rings. The number of ether oxygens (including phenoxy) is 1. The minimum atomic E-state index is -0.136. The highest BCUT2D eigenvalue weighted by molar-refractivity contribution is 5.69. The summed E-state index contributed by atoms with van der Waals surface area (Å²) < 4.78 is 4.64. The SMILES string of the molecule is COC(=O)CCNC1CCN(CCc2ccccc2)CC1. The number of nitrogens with zero attached hydrogens (tertiary/aromatic N) is 1. The Balaban J connectivity index is 1.59. The van der Waals surface area contributed by atoms with Crippen LogP contribution in [-0.4, -0.2) is 50.2 Å². The van der Waals surface area contributed by atoms with Gasteiger partial charge in [-0.3, -0.25) is 4.79 Å². The molecule has 0 amide bonds. The molecule has 0 radical (unpaired) electrons. The standard InChI is InChI=1S/C17H26N2O2/c1-21-17(20)7-11-18-16-9-13-19(14-10-16)12-8-15-5-3-2-4-6-15/h2-6,16,18H,7-14H2,1H3. The quantitative estimate of drug-likeness (QED) is 0.778. The maximum atomic E-state index is 11.1. The Morgan fingerprint density at radius 2 is 2.00 bits per heavy atom. The molecule has 0 unspecified atom stereocenters. The van der Waals surface area contributed by atoms with Gasteiger partial charge >= 0.3 is 5.97 Å². The fourth-order valence-electron chi connectivity index (χ4n) is 2.77. The molecular weight excluding hydrogens is 264 g/mol. The molecule has 4 heteroatoms. The summed E-state index contributed by atoms with van der Waals surface area (Å²) in [6.07, 6.45) is 3.91. The lowest BCUT2D eigenvalue weighted by Crippen LogP contribution is -2.43. The topological polar surface area (TPSA) is 41.6 Å². The zero-order valence-corrected chi connectivity index (χ0v) is 12.9. The highest BCUT2D eigenvalue weighted by atomic mass is 16.5. The maximum absolute atomic E-state index is 11.1. The molecule has 1 heterocycles. The number of methoxy groups -OCH3 is 1. The van der Waals surface area contributed by atoms with Crippen molar-refractivity contribution in [2.75, 3.05) is 33.3 Å². The van der Waals surface area contributed by atoms with Crippen molar-refractivity contribution in [1.82, 2.24) is 10.2 Å². The second-order valence-corrected chi connectivity index (χ2v) is 5.63. The van der Waals surface area contributed by atoms with Crippen molar-refractivity contribution in [2.24, 2.45) is 0 Å². The van der Waals surface area contributed by atoms with E-state index in [9.17, 15) is 4.79 Å². The van der Waals surface area contributed by atoms with Crippen LogP contribution in [0.5, 0.6) is 0 Å². The number of likely N-dealkylation sites (tertiary alicyclic amines) is 1. The monoisotopic (exact) mass is 290 g/mol. The van der Waals surface area contributed by atoms with Crippen molar-refractivity contribution in [2.45, 2.75) is 31.7 Å². The van der Waals surface area contributed by atoms with E-state index >= 15 is 0 Å². The first-order chi connectivity index (χ1) is 10.3. The normalized spacial score (nSPS) is 16.8. The molecule has 1 aliphatic rings. The van der Waals surface area contributed by atoms with Crippen LogP contribution >= 0.6 is 0 Å². The fraction of sp³-hybridized carbons (Fsp3) is 0.588. The van der Waals surface area contributed by atoms with Crippen molar-refractivity contribution >= 4 is 5.97 Å². The molecule has 0 atom stereocenters. The third-order valence-electron chi connectivity index (χ3n) is 4.14. The van der Waals surface area contributed by atoms with Crippen LogP contribution in [0.15, 0.2) is 30.3 Å². The molecule has 116 valence electrons. The molecule has 1 aliphatic heterocycles. The number of carbonyl (C=O) groups excluding carboxylic acids is 1. The predicted molar refractivity (Wildman–Crippen MR) is 84.2 cm³/mol. The van der Waals surface area contributed by atoms with Crippen LogP contribution in [-0.2, 0) is 16.0 Å². The van der Waals surface area contributed by atoms with Crippen molar-refractivity contribution in [3.63, 3.8) is 0 Å². The van der Waals surface area contributed by atoms with Gasteiger partial charge in [-0.15, -0.1) is 0 Å². The summed E-state index contributed by atoms with van der Waals surface area (Å²) in [7, 11) is 1.44. The van der Waals surface area contributed by atoms with E-state index in [-0.39, 0.29) is 5.97 Å². The Morgan fingerprint density at radius 1 is 1.29 bits per heavy atom. The molecule has 0 aliphatic carbocycles. The van der Waals surface area contributed by atoms with Gasteiger partial charge in [0, 0.05) is 19.1 Å². The number of benzene rings is 1. The minimum Gasteiger partial charge on any atom is -0.469 e. The van der Waals surface area contributed by atoms with Crippen molar-refractivity contribution in [3.8, 4) is 0 Å². The average molecular weight is 290 g/mol. The lowest BCUT2D eigenvalue weighted by Gasteiger charge is -2.32. The third kappa shape index (κ3) is 5.86. The number of hydrogen-bond donors (Lipinski definition) is 1. The van der Waals surface area contributed by atoms with E-state index in [1.807, 2.05) is 0 Å². The van der Waals surface area contributed by atoms with Gasteiger partial charge in [-0.1, -0.05) is 30.3 Å². The van der Waals surface area contributed by atoms with E-state index in [1.165, 1.54) is 12.7 Å². The van der Waals surface area contributed by atoms with Crippen LogP contribution in [0.2, 0.25) is 0 Å². The molecule has 0 bridgehead atoms. The van der Waals surface area contributed by atoms with E-state index in [1.54, 1.807) is 0 Å². The van der Waals surface area contributed by atoms with Crippen LogP contribution in [0.3, 0.4) is 0 Å². The molecule has 1 saturated heterocycles. The van der Waals surface area contributed by atoms with E-state index in [2.05, 4.69) is 45.3 Å². The summed E-state index contributed by atoms with van der Waals surface area (Å²) in [5.41, 5.74) is 1.41. The van der Waals surface area contributed by atoms with Crippen LogP contribution < -0.4 is 5.32 Å². The van der Waals surface area contributed by atoms with Gasteiger partial charge in [0.1, 0.15) is 0 Å². The van der Waals surface area contributed by atoms with Crippen LogP contribution in [0.4, 0.5) is 0 Å². The Bertz CT molecular complexity index is 414. The van der Waals surface area contributed by atoms with Gasteiger partial charge in [-0.25, -0.2) is 0 Å². The molecular formula is C17H26N2O2. The van der Waals surface area contributed by atoms with Crippen LogP contribution in [0, 0.1) is 0 Å². The largest absolute Gasteiger partial charge is 0.469 e. The number of rotatable bonds is 7. The van der Waals surface area contributed by atoms with Crippen molar-refractivity contribution in [3.05, 3.63) is 35.9 Å². The van der Waals surface area contributed by atoms with Crippen LogP contribution in [0.1, 0.15) is 24.8 Å². The Hall–Kier alpha value is -1.39. The smallest absolute Gasteiger partial charge is 0.306 e. The minimum absolute atomic E-state index is 0.136. The first-order valence-electron chi connectivity index (χ1n) is 7.84. The Morgan fingerprint density at radius 3 is 2.67 bits per heavy atom. The second-order valence-electron chi connectivity index (χ2n) is 5.63. The molecule has 2 rings (SSSR count). The number of piperidine rings is 1. The predicted octanol–water partition coefficient (Wildman–Crippen LogP) is 1.85. The van der Waals surface area contributed by atoms with E-state index in [0.717, 1.165) is 45.4 Å². The van der Waals surface area contributed by atoms with E-state index in [0.29, 0.717) is 12.5 Å². The average Bonchev–Trinajstić information content (AvgIpc) is 2.55. The molecule has 21 heavy (non-hydrogen) atoms. The lowest BCUT2D eigenvalue weighted by molar-refractivity contribution is -0.140. The zero-order chi connectivity index (χ0) is 14.9. The molecule has 1 N–H and O–H groups in total. The molecule has 4 nitrogen and oxygen atoms in total. The number of hydrogen-bond acceptors (Lipinski definition) is 4. The summed E-state index contributed by atoms with van der Waals surface area (Å²) >= 11 is 0. The summed E-state index contributed by atoms with van der Waals surface area (Å²) in [4.78, 5) is 13.6. The van der Waals surface area contributed by atoms with Gasteiger partial charge < -0.3 is 15.0 Å². The number of esters is 1. The molecule has 1 fully saturated rings. The summed E-state index contributed by atoms with van der Waals surface area (Å²) in [6, 6.07) is 11.2. The summed E-state index contributed by atoms with van der Waals surface area (Å²) in [5.74, 6) is -0.136. The first kappa shape index (κ1) is 16.0. The fourth-order valence-corrected chi connectivity index (χ4v) is 2.77. The van der Waals surface area contributed by atoms with Gasteiger partial charge in [0.25, 0.3) is 0 Å². The molecule has 0 spiro atoms. The van der Waals surface area contributed by atoms with Crippen LogP contribution in [0.25, 0.3) is 0 Å². The zero-order valence-electron chi connectivity index (χ0n) is 12.9. The Kier molecular flexibility index (Phi) is 6.70. The van der Waals surface area contributed by atoms with E-state index < -0.39 is 0 Å². The first-order valence-corrected chi connectivity index (χ1v) is 7.84. The highest BCUT2D eigenvalue weighted by Gasteiger charge is 2.18. The van der Waals surface area contributed by atoms with E-state index in [4.69, 9.17) is 0 Å². The molecule has 0 aromatic heterocycles. The van der Waals surface area contributed by atoms with Gasteiger partial charge in [-0.05, 0) is 37.9 Å². The van der Waals surface area contributed by atoms with Crippen molar-refractivity contribution < 1.29 is 9.53 Å². The maximum Gasteiger partial charge on any atom is 0.306 e. The third-order valence-corrected chi connectivity index (χ3v) is 4.14. The Labute approximate surface area is 127 Å². The summed E-state index contributed by atoms with van der Waals surface area (Å²) in [6.45, 7) is 4.14. The molecule has 0 saturated carbocycles. The summed E-state index contributed by atoms with van der Waals surface area (Å²) in [5, 5.41) is 3.45. The second kappa shape index (κ2) is 8.80. The van der Waals surface area contributed by atoms with Gasteiger partial charge in [0.2, 0.25) is 0 Å². The number of carbonyl (C=O) groups is 1.